The summed E-state index contributed by atoms with van der Waals surface area (Å²) in [6.45, 7) is 2.27. The monoisotopic (exact) mass is 464 g/mol. The molecule has 0 fully saturated rings. The summed E-state index contributed by atoms with van der Waals surface area (Å²) in [5.74, 6) is -0.653. The summed E-state index contributed by atoms with van der Waals surface area (Å²) in [6.07, 6.45) is 20.2. The van der Waals surface area contributed by atoms with Gasteiger partial charge in [-0.05, 0) is 6.42 Å². The summed E-state index contributed by atoms with van der Waals surface area (Å²) in [7, 11) is -4.67. The number of unbranched alkanes of at least 4 members (excludes halogenated alkanes) is 14. The molecule has 0 unspecified atom stereocenters. The second-order valence-electron chi connectivity index (χ2n) is 6.54. The van der Waals surface area contributed by atoms with E-state index in [1.807, 2.05) is 0 Å². The van der Waals surface area contributed by atoms with Crippen LogP contribution in [0.3, 0.4) is 0 Å². The Balaban J connectivity index is -0.0000000948. The van der Waals surface area contributed by atoms with Crippen LogP contribution in [0, 0.1) is 0 Å². The smallest absolute Gasteiger partial charge is 1.00 e. The summed E-state index contributed by atoms with van der Waals surface area (Å²) in [6, 6.07) is 0. The minimum absolute atomic E-state index is 0. The van der Waals surface area contributed by atoms with Crippen molar-refractivity contribution in [3.63, 3.8) is 0 Å². The van der Waals surface area contributed by atoms with Gasteiger partial charge in [-0.15, -0.1) is 0 Å². The number of carboxylic acid groups (broad SMARTS) is 1. The third-order valence-corrected chi connectivity index (χ3v) is 3.99. The molecule has 0 aliphatic rings. The quantitative estimate of drug-likeness (QED) is 0.169. The van der Waals surface area contributed by atoms with Crippen LogP contribution in [0.2, 0.25) is 0 Å². The predicted octanol–water partition coefficient (Wildman–Crippen LogP) is 0.0255. The van der Waals surface area contributed by atoms with E-state index >= 15 is 0 Å². The Labute approximate surface area is 227 Å². The first-order valence-electron chi connectivity index (χ1n) is 9.69. The number of aliphatic carboxylic acids is 1. The zero-order valence-electron chi connectivity index (χ0n) is 20.3. The van der Waals surface area contributed by atoms with Gasteiger partial charge in [-0.1, -0.05) is 96.8 Å². The molecule has 0 heterocycles. The van der Waals surface area contributed by atoms with E-state index in [0.717, 1.165) is 12.8 Å². The molecule has 0 radical (unpaired) electrons. The third-order valence-electron chi connectivity index (χ3n) is 3.99. The SMILES string of the molecule is CCCCCCCCCCCCCCCCCC(=O)O.O=S(=O)(O)O.S.[H-].[H-].[Na+].[Na+]. The van der Waals surface area contributed by atoms with Crippen molar-refractivity contribution in [1.29, 1.82) is 0 Å². The van der Waals surface area contributed by atoms with Gasteiger partial charge in [-0.25, -0.2) is 0 Å². The van der Waals surface area contributed by atoms with Gasteiger partial charge in [0.15, 0.2) is 0 Å². The van der Waals surface area contributed by atoms with Crippen LogP contribution in [0.1, 0.15) is 113 Å². The van der Waals surface area contributed by atoms with Crippen molar-refractivity contribution in [3.05, 3.63) is 0 Å². The molecular weight excluding hydrogens is 422 g/mol. The predicted molar refractivity (Wildman–Crippen MR) is 114 cm³/mol. The van der Waals surface area contributed by atoms with Gasteiger partial charge in [0.05, 0.1) is 0 Å². The molecule has 0 aromatic rings. The Morgan fingerprint density at radius 3 is 1.11 bits per heavy atom. The summed E-state index contributed by atoms with van der Waals surface area (Å²) in [5.41, 5.74) is 0. The molecule has 0 saturated heterocycles. The largest absolute Gasteiger partial charge is 1.00 e. The van der Waals surface area contributed by atoms with Gasteiger partial charge >= 0.3 is 75.5 Å². The Bertz CT molecular complexity index is 398. The Morgan fingerprint density at radius 2 is 0.893 bits per heavy atom. The maximum absolute atomic E-state index is 10.3. The average molecular weight is 465 g/mol. The van der Waals surface area contributed by atoms with Gasteiger partial charge < -0.3 is 7.96 Å². The van der Waals surface area contributed by atoms with Crippen LogP contribution in [-0.4, -0.2) is 28.6 Å². The molecule has 0 saturated carbocycles. The molecule has 0 bridgehead atoms. The maximum Gasteiger partial charge on any atom is 1.00 e. The Kier molecular flexibility index (Phi) is 44.2. The van der Waals surface area contributed by atoms with Crippen molar-refractivity contribution in [1.82, 2.24) is 0 Å². The van der Waals surface area contributed by atoms with Crippen LogP contribution in [0.25, 0.3) is 0 Å². The molecule has 3 N–H and O–H groups in total. The van der Waals surface area contributed by atoms with Gasteiger partial charge in [0.2, 0.25) is 0 Å². The third kappa shape index (κ3) is 56.5. The van der Waals surface area contributed by atoms with Crippen LogP contribution < -0.4 is 59.1 Å². The molecule has 0 amide bonds. The number of rotatable bonds is 16. The molecule has 0 aliphatic heterocycles. The van der Waals surface area contributed by atoms with E-state index in [1.165, 1.54) is 83.5 Å². The normalized spacial score (nSPS) is 9.82. The Morgan fingerprint density at radius 1 is 0.679 bits per heavy atom. The molecule has 0 aromatic heterocycles. The van der Waals surface area contributed by atoms with Gasteiger partial charge in [-0.2, -0.15) is 21.9 Å². The van der Waals surface area contributed by atoms with Gasteiger partial charge in [0.25, 0.3) is 0 Å². The second kappa shape index (κ2) is 30.9. The summed E-state index contributed by atoms with van der Waals surface area (Å²) in [5, 5.41) is 8.52. The molecule has 28 heavy (non-hydrogen) atoms. The minimum Gasteiger partial charge on any atom is -1.00 e. The van der Waals surface area contributed by atoms with Crippen molar-refractivity contribution < 1.29 is 89.4 Å². The molecule has 0 atom stereocenters. The van der Waals surface area contributed by atoms with E-state index < -0.39 is 16.4 Å². The standard InChI is InChI=1S/C18H36O2.2Na.H2O4S.H2S.2H/c1-2-3-4-5-6-7-8-9-10-11-12-13-14-15-16-17-18(19)20;;;1-5(2,3)4;;;/h2-17H2,1H3,(H,19,20);;;(H2,1,2,3,4);1H2;;/q;2*+1;;;2*-1. The maximum atomic E-state index is 10.3. The Hall–Kier alpha value is 1.69. The zero-order valence-corrected chi connectivity index (χ0v) is 24.1. The van der Waals surface area contributed by atoms with E-state index in [4.69, 9.17) is 22.6 Å². The molecule has 6 nitrogen and oxygen atoms in total. The van der Waals surface area contributed by atoms with Gasteiger partial charge in [0.1, 0.15) is 0 Å². The summed E-state index contributed by atoms with van der Waals surface area (Å²) in [4.78, 5) is 10.3. The van der Waals surface area contributed by atoms with E-state index in [-0.39, 0.29) is 75.5 Å². The van der Waals surface area contributed by atoms with Gasteiger partial charge in [-0.3, -0.25) is 13.9 Å². The number of hydrogen-bond donors (Lipinski definition) is 3. The number of carboxylic acids is 1. The van der Waals surface area contributed by atoms with Crippen LogP contribution in [0.15, 0.2) is 0 Å². The van der Waals surface area contributed by atoms with Crippen molar-refractivity contribution in [3.8, 4) is 0 Å². The molecule has 0 aromatic carbocycles. The second-order valence-corrected chi connectivity index (χ2v) is 7.44. The topological polar surface area (TPSA) is 112 Å². The molecule has 164 valence electrons. The zero-order chi connectivity index (χ0) is 19.4. The van der Waals surface area contributed by atoms with Crippen LogP contribution >= 0.6 is 13.5 Å². The van der Waals surface area contributed by atoms with E-state index in [0.29, 0.717) is 6.42 Å². The van der Waals surface area contributed by atoms with Crippen molar-refractivity contribution in [2.75, 3.05) is 0 Å². The fourth-order valence-corrected chi connectivity index (χ4v) is 2.65. The van der Waals surface area contributed by atoms with Crippen molar-refractivity contribution in [2.24, 2.45) is 0 Å². The van der Waals surface area contributed by atoms with Crippen molar-refractivity contribution >= 4 is 29.9 Å². The van der Waals surface area contributed by atoms with Crippen LogP contribution in [0.5, 0.6) is 0 Å². The molecule has 10 heteroatoms. The van der Waals surface area contributed by atoms with E-state index in [2.05, 4.69) is 6.92 Å². The first-order chi connectivity index (χ1) is 11.8. The number of hydrogen-bond acceptors (Lipinski definition) is 3. The summed E-state index contributed by atoms with van der Waals surface area (Å²) < 4.78 is 31.6. The summed E-state index contributed by atoms with van der Waals surface area (Å²) >= 11 is 0. The van der Waals surface area contributed by atoms with E-state index in [1.54, 1.807) is 0 Å². The minimum atomic E-state index is -4.67. The molecular formula is C18H42Na2O6S2. The average Bonchev–Trinajstić information content (AvgIpc) is 2.49. The first-order valence-corrected chi connectivity index (χ1v) is 11.1. The molecule has 0 spiro atoms. The fourth-order valence-electron chi connectivity index (χ4n) is 2.65. The molecule has 0 rings (SSSR count). The van der Waals surface area contributed by atoms with E-state index in [9.17, 15) is 4.79 Å². The molecule has 0 aliphatic carbocycles. The first kappa shape index (κ1) is 40.1. The van der Waals surface area contributed by atoms with Crippen molar-refractivity contribution in [2.45, 2.75) is 110 Å². The van der Waals surface area contributed by atoms with Crippen LogP contribution in [-0.2, 0) is 15.2 Å². The number of carbonyl (C=O) groups is 1. The fraction of sp³-hybridized carbons (Fsp3) is 0.944. The van der Waals surface area contributed by atoms with Crippen LogP contribution in [0.4, 0.5) is 0 Å². The van der Waals surface area contributed by atoms with Gasteiger partial charge in [0, 0.05) is 6.42 Å².